The molecule has 0 bridgehead atoms. The molecule has 0 aliphatic heterocycles. The number of anilines is 1. The van der Waals surface area contributed by atoms with Crippen molar-refractivity contribution in [1.29, 1.82) is 0 Å². The first-order valence-electron chi connectivity index (χ1n) is 6.61. The van der Waals surface area contributed by atoms with Gasteiger partial charge in [0.05, 0.1) is 0 Å². The number of hydrogen-bond donors (Lipinski definition) is 1. The first-order chi connectivity index (χ1) is 9.90. The van der Waals surface area contributed by atoms with Crippen molar-refractivity contribution < 1.29 is 17.7 Å². The molecule has 0 saturated heterocycles. The van der Waals surface area contributed by atoms with Crippen molar-refractivity contribution in [1.82, 2.24) is 19.9 Å². The molecule has 0 amide bonds. The van der Waals surface area contributed by atoms with Gasteiger partial charge in [-0.25, -0.2) is 0 Å². The molecule has 1 N–H and O–H groups in total. The maximum atomic E-state index is 12.2. The van der Waals surface area contributed by atoms with E-state index in [1.54, 1.807) is 6.92 Å². The van der Waals surface area contributed by atoms with Crippen molar-refractivity contribution in [3.05, 3.63) is 24.0 Å². The Morgan fingerprint density at radius 3 is 2.90 bits per heavy atom. The van der Waals surface area contributed by atoms with Crippen LogP contribution in [-0.4, -0.2) is 26.1 Å². The number of aromatic nitrogens is 4. The van der Waals surface area contributed by atoms with E-state index < -0.39 is 12.7 Å². The first-order valence-corrected chi connectivity index (χ1v) is 6.61. The summed E-state index contributed by atoms with van der Waals surface area (Å²) in [5, 5.41) is 10.6. The maximum absolute atomic E-state index is 12.2. The van der Waals surface area contributed by atoms with E-state index in [-0.39, 0.29) is 6.04 Å². The quantitative estimate of drug-likeness (QED) is 0.919. The van der Waals surface area contributed by atoms with E-state index >= 15 is 0 Å². The van der Waals surface area contributed by atoms with Gasteiger partial charge in [-0.05, 0) is 19.8 Å². The zero-order valence-corrected chi connectivity index (χ0v) is 11.3. The van der Waals surface area contributed by atoms with Gasteiger partial charge in [-0.2, -0.15) is 23.3 Å². The summed E-state index contributed by atoms with van der Waals surface area (Å²) in [4.78, 5) is 4.28. The molecule has 1 saturated carbocycles. The van der Waals surface area contributed by atoms with Crippen molar-refractivity contribution in [3.63, 3.8) is 0 Å². The lowest BCUT2D eigenvalue weighted by Gasteiger charge is -2.08. The van der Waals surface area contributed by atoms with Gasteiger partial charge in [-0.15, -0.1) is 0 Å². The van der Waals surface area contributed by atoms with Crippen LogP contribution in [0.3, 0.4) is 0 Å². The Bertz CT molecular complexity index is 616. The predicted molar refractivity (Wildman–Crippen MR) is 66.6 cm³/mol. The van der Waals surface area contributed by atoms with Gasteiger partial charge in [0, 0.05) is 18.2 Å². The average molecular weight is 301 g/mol. The van der Waals surface area contributed by atoms with Crippen molar-refractivity contribution in [2.75, 3.05) is 5.32 Å². The van der Waals surface area contributed by atoms with Crippen molar-refractivity contribution in [3.8, 4) is 0 Å². The van der Waals surface area contributed by atoms with Crippen LogP contribution in [0.4, 0.5) is 19.0 Å². The van der Waals surface area contributed by atoms with Crippen molar-refractivity contribution in [2.45, 2.75) is 44.4 Å². The Morgan fingerprint density at radius 2 is 2.24 bits per heavy atom. The van der Waals surface area contributed by atoms with E-state index in [0.717, 1.165) is 17.5 Å². The molecule has 0 aromatic carbocycles. The summed E-state index contributed by atoms with van der Waals surface area (Å²) in [6.45, 7) is 0.669. The molecule has 2 aromatic rings. The Balaban J connectivity index is 1.62. The molecule has 114 valence electrons. The van der Waals surface area contributed by atoms with Crippen LogP contribution in [-0.2, 0) is 6.54 Å². The van der Waals surface area contributed by atoms with Crippen LogP contribution in [0, 0.1) is 0 Å². The minimum Gasteiger partial charge on any atom is -0.357 e. The van der Waals surface area contributed by atoms with E-state index in [4.69, 9.17) is 4.52 Å². The van der Waals surface area contributed by atoms with E-state index in [1.165, 1.54) is 12.3 Å². The molecule has 21 heavy (non-hydrogen) atoms. The summed E-state index contributed by atoms with van der Waals surface area (Å²) in [7, 11) is 0. The molecular formula is C12H14F3N5O. The Morgan fingerprint density at radius 1 is 1.48 bits per heavy atom. The molecule has 1 unspecified atom stereocenters. The molecule has 6 nitrogen and oxygen atoms in total. The largest absolute Gasteiger partial charge is 0.408 e. The number of nitrogens with one attached hydrogen (secondary N) is 1. The predicted octanol–water partition coefficient (Wildman–Crippen LogP) is 2.88. The minimum atomic E-state index is -4.29. The van der Waals surface area contributed by atoms with E-state index in [2.05, 4.69) is 20.6 Å². The number of hydrogen-bond acceptors (Lipinski definition) is 5. The van der Waals surface area contributed by atoms with Crippen LogP contribution in [0.5, 0.6) is 0 Å². The van der Waals surface area contributed by atoms with Crippen LogP contribution >= 0.6 is 0 Å². The molecule has 2 aromatic heterocycles. The summed E-state index contributed by atoms with van der Waals surface area (Å²) >= 11 is 0. The lowest BCUT2D eigenvalue weighted by molar-refractivity contribution is -0.142. The highest BCUT2D eigenvalue weighted by molar-refractivity contribution is 5.34. The molecule has 9 heteroatoms. The third-order valence-corrected chi connectivity index (χ3v) is 3.12. The molecular weight excluding hydrogens is 287 g/mol. The standard InChI is InChI=1S/C12H14F3N5O/c1-7(11-17-10(19-21-11)8-2-3-8)16-9-4-5-20(18-9)6-12(13,14)15/h4-5,7-8H,2-3,6H2,1H3,(H,16,18). The smallest absolute Gasteiger partial charge is 0.357 e. The zero-order chi connectivity index (χ0) is 15.0. The van der Waals surface area contributed by atoms with Crippen LogP contribution in [0.15, 0.2) is 16.8 Å². The van der Waals surface area contributed by atoms with Crippen LogP contribution in [0.2, 0.25) is 0 Å². The van der Waals surface area contributed by atoms with E-state index in [1.807, 2.05) is 0 Å². The molecule has 2 heterocycles. The topological polar surface area (TPSA) is 68.8 Å². The van der Waals surface area contributed by atoms with Gasteiger partial charge in [0.2, 0.25) is 5.89 Å². The van der Waals surface area contributed by atoms with Gasteiger partial charge in [-0.3, -0.25) is 4.68 Å². The maximum Gasteiger partial charge on any atom is 0.408 e. The van der Waals surface area contributed by atoms with E-state index in [9.17, 15) is 13.2 Å². The third kappa shape index (κ3) is 3.53. The number of rotatable bonds is 5. The third-order valence-electron chi connectivity index (χ3n) is 3.12. The molecule has 0 spiro atoms. The highest BCUT2D eigenvalue weighted by Crippen LogP contribution is 2.38. The number of alkyl halides is 3. The van der Waals surface area contributed by atoms with Crippen LogP contribution in [0.25, 0.3) is 0 Å². The molecule has 1 aliphatic carbocycles. The van der Waals surface area contributed by atoms with Gasteiger partial charge in [0.1, 0.15) is 18.4 Å². The first kappa shape index (κ1) is 13.9. The summed E-state index contributed by atoms with van der Waals surface area (Å²) < 4.78 is 42.7. The van der Waals surface area contributed by atoms with Crippen molar-refractivity contribution >= 4 is 5.82 Å². The fourth-order valence-corrected chi connectivity index (χ4v) is 1.92. The minimum absolute atomic E-state index is 0.320. The molecule has 1 aliphatic rings. The highest BCUT2D eigenvalue weighted by Gasteiger charge is 2.30. The van der Waals surface area contributed by atoms with Gasteiger partial charge in [0.25, 0.3) is 0 Å². The van der Waals surface area contributed by atoms with Gasteiger partial charge in [0.15, 0.2) is 5.82 Å². The number of halogens is 3. The monoisotopic (exact) mass is 301 g/mol. The fourth-order valence-electron chi connectivity index (χ4n) is 1.92. The van der Waals surface area contributed by atoms with E-state index in [0.29, 0.717) is 23.5 Å². The van der Waals surface area contributed by atoms with Crippen LogP contribution in [0.1, 0.15) is 43.4 Å². The Hall–Kier alpha value is -2.06. The Labute approximate surface area is 118 Å². The normalized spacial score (nSPS) is 17.0. The lowest BCUT2D eigenvalue weighted by atomic mass is 10.3. The summed E-state index contributed by atoms with van der Waals surface area (Å²) in [6.07, 6.45) is -0.877. The second-order valence-electron chi connectivity index (χ2n) is 5.14. The van der Waals surface area contributed by atoms with Gasteiger partial charge < -0.3 is 9.84 Å². The average Bonchev–Trinajstić information content (AvgIpc) is 2.95. The van der Waals surface area contributed by atoms with Gasteiger partial charge >= 0.3 is 6.18 Å². The summed E-state index contributed by atoms with van der Waals surface area (Å²) in [6, 6.07) is 1.15. The fraction of sp³-hybridized carbons (Fsp3) is 0.583. The molecule has 0 radical (unpaired) electrons. The SMILES string of the molecule is CC(Nc1ccn(CC(F)(F)F)n1)c1nc(C2CC2)no1. The summed E-state index contributed by atoms with van der Waals surface area (Å²) in [5.74, 6) is 1.82. The van der Waals surface area contributed by atoms with Crippen LogP contribution < -0.4 is 5.32 Å². The Kier molecular flexibility index (Phi) is 3.34. The highest BCUT2D eigenvalue weighted by atomic mass is 19.4. The molecule has 1 atom stereocenters. The molecule has 3 rings (SSSR count). The van der Waals surface area contributed by atoms with Crippen molar-refractivity contribution in [2.24, 2.45) is 0 Å². The zero-order valence-electron chi connectivity index (χ0n) is 11.3. The molecule has 1 fully saturated rings. The number of nitrogens with zero attached hydrogens (tertiary/aromatic N) is 4. The van der Waals surface area contributed by atoms with Gasteiger partial charge in [-0.1, -0.05) is 5.16 Å². The second-order valence-corrected chi connectivity index (χ2v) is 5.14. The summed E-state index contributed by atoms with van der Waals surface area (Å²) in [5.41, 5.74) is 0. The lowest BCUT2D eigenvalue weighted by Crippen LogP contribution is -2.18. The second kappa shape index (κ2) is 5.05.